The van der Waals surface area contributed by atoms with Crippen LogP contribution in [0.3, 0.4) is 0 Å². The minimum atomic E-state index is -0.594. The Labute approximate surface area is 124 Å². The van der Waals surface area contributed by atoms with Crippen LogP contribution in [0.5, 0.6) is 0 Å². The summed E-state index contributed by atoms with van der Waals surface area (Å²) in [4.78, 5) is 23.3. The van der Waals surface area contributed by atoms with Crippen molar-refractivity contribution in [2.24, 2.45) is 5.92 Å². The number of amides is 1. The van der Waals surface area contributed by atoms with E-state index in [0.717, 1.165) is 5.75 Å². The maximum atomic E-state index is 11.7. The molecule has 1 aromatic rings. The number of carbonyl (C=O) groups is 2. The molecule has 0 aliphatic rings. The van der Waals surface area contributed by atoms with Crippen LogP contribution in [0, 0.1) is 5.92 Å². The normalized spacial score (nSPS) is 12.0. The summed E-state index contributed by atoms with van der Waals surface area (Å²) >= 11 is 1.60. The molecular weight excluding hydrogens is 274 g/mol. The zero-order valence-electron chi connectivity index (χ0n) is 12.1. The smallest absolute Gasteiger partial charge is 0.329 e. The molecule has 20 heavy (non-hydrogen) atoms. The van der Waals surface area contributed by atoms with Gasteiger partial charge in [0, 0.05) is 17.4 Å². The molecule has 0 radical (unpaired) electrons. The second-order valence-corrected chi connectivity index (χ2v) is 5.77. The molecule has 0 bridgehead atoms. The lowest BCUT2D eigenvalue weighted by Gasteiger charge is -2.17. The highest BCUT2D eigenvalue weighted by atomic mass is 32.2. The first kappa shape index (κ1) is 16.6. The molecule has 0 unspecified atom stereocenters. The first-order chi connectivity index (χ1) is 9.54. The largest absolute Gasteiger partial charge is 0.467 e. The third-order valence-electron chi connectivity index (χ3n) is 2.72. The number of hydrogen-bond acceptors (Lipinski definition) is 4. The minimum Gasteiger partial charge on any atom is -0.467 e. The van der Waals surface area contributed by atoms with Crippen molar-refractivity contribution in [1.82, 2.24) is 5.32 Å². The average molecular weight is 295 g/mol. The summed E-state index contributed by atoms with van der Waals surface area (Å²) in [6, 6.07) is 9.40. The van der Waals surface area contributed by atoms with Gasteiger partial charge in [-0.15, -0.1) is 0 Å². The molecular formula is C15H21NO3S. The summed E-state index contributed by atoms with van der Waals surface area (Å²) < 4.78 is 4.73. The van der Waals surface area contributed by atoms with Gasteiger partial charge in [0.1, 0.15) is 6.04 Å². The van der Waals surface area contributed by atoms with Crippen molar-refractivity contribution in [3.05, 3.63) is 35.9 Å². The van der Waals surface area contributed by atoms with Crippen LogP contribution in [0.25, 0.3) is 0 Å². The summed E-state index contributed by atoms with van der Waals surface area (Å²) in [7, 11) is 1.33. The average Bonchev–Trinajstić information content (AvgIpc) is 2.46. The van der Waals surface area contributed by atoms with Crippen molar-refractivity contribution in [3.8, 4) is 0 Å². The Kier molecular flexibility index (Phi) is 7.15. The third-order valence-corrected chi connectivity index (χ3v) is 3.83. The molecule has 0 spiro atoms. The summed E-state index contributed by atoms with van der Waals surface area (Å²) in [6.45, 7) is 3.58. The molecule has 1 rings (SSSR count). The Balaban J connectivity index is 2.48. The van der Waals surface area contributed by atoms with Gasteiger partial charge in [-0.2, -0.15) is 11.8 Å². The van der Waals surface area contributed by atoms with Crippen molar-refractivity contribution in [1.29, 1.82) is 0 Å². The molecule has 5 heteroatoms. The van der Waals surface area contributed by atoms with E-state index in [4.69, 9.17) is 4.74 Å². The number of carbonyl (C=O) groups excluding carboxylic acids is 2. The maximum absolute atomic E-state index is 11.7. The fourth-order valence-corrected chi connectivity index (χ4v) is 2.52. The number of nitrogens with one attached hydrogen (secondary N) is 1. The molecule has 0 saturated heterocycles. The Morgan fingerprint density at radius 3 is 2.45 bits per heavy atom. The number of benzene rings is 1. The van der Waals surface area contributed by atoms with E-state index < -0.39 is 12.0 Å². The van der Waals surface area contributed by atoms with Crippen LogP contribution in [0.1, 0.15) is 19.4 Å². The van der Waals surface area contributed by atoms with Crippen LogP contribution in [0.2, 0.25) is 0 Å². The van der Waals surface area contributed by atoms with E-state index in [2.05, 4.69) is 5.32 Å². The van der Waals surface area contributed by atoms with Crippen LogP contribution < -0.4 is 5.32 Å². The van der Waals surface area contributed by atoms with E-state index in [1.807, 2.05) is 30.3 Å². The van der Waals surface area contributed by atoms with Crippen molar-refractivity contribution < 1.29 is 14.3 Å². The van der Waals surface area contributed by atoms with E-state index in [1.165, 1.54) is 12.7 Å². The van der Waals surface area contributed by atoms with E-state index in [1.54, 1.807) is 25.6 Å². The van der Waals surface area contributed by atoms with Gasteiger partial charge in [-0.25, -0.2) is 4.79 Å². The first-order valence-electron chi connectivity index (χ1n) is 6.54. The summed E-state index contributed by atoms with van der Waals surface area (Å²) in [6.07, 6.45) is 0. The summed E-state index contributed by atoms with van der Waals surface area (Å²) in [5.41, 5.74) is 1.19. The van der Waals surface area contributed by atoms with Gasteiger partial charge < -0.3 is 10.1 Å². The van der Waals surface area contributed by atoms with Gasteiger partial charge in [0.25, 0.3) is 0 Å². The number of hydrogen-bond donors (Lipinski definition) is 1. The Morgan fingerprint density at radius 2 is 1.90 bits per heavy atom. The number of ether oxygens (including phenoxy) is 1. The monoisotopic (exact) mass is 295 g/mol. The van der Waals surface area contributed by atoms with E-state index >= 15 is 0 Å². The van der Waals surface area contributed by atoms with Crippen LogP contribution in [-0.4, -0.2) is 30.8 Å². The molecule has 0 saturated carbocycles. The van der Waals surface area contributed by atoms with E-state index in [-0.39, 0.29) is 11.8 Å². The van der Waals surface area contributed by atoms with Crippen molar-refractivity contribution in [3.63, 3.8) is 0 Å². The van der Waals surface area contributed by atoms with Crippen molar-refractivity contribution >= 4 is 23.6 Å². The zero-order chi connectivity index (χ0) is 15.0. The second kappa shape index (κ2) is 8.64. The lowest BCUT2D eigenvalue weighted by Crippen LogP contribution is -2.44. The van der Waals surface area contributed by atoms with Crippen molar-refractivity contribution in [2.75, 3.05) is 12.9 Å². The Bertz CT molecular complexity index is 434. The second-order valence-electron chi connectivity index (χ2n) is 4.74. The molecule has 1 aromatic carbocycles. The first-order valence-corrected chi connectivity index (χ1v) is 7.70. The number of methoxy groups -OCH3 is 1. The van der Waals surface area contributed by atoms with Gasteiger partial charge in [0.05, 0.1) is 7.11 Å². The summed E-state index contributed by atoms with van der Waals surface area (Å²) in [5, 5.41) is 2.72. The standard InChI is InChI=1S/C15H21NO3S/c1-11(2)14(17)16-13(15(18)19-3)10-20-9-12-7-5-4-6-8-12/h4-8,11,13H,9-10H2,1-3H3,(H,16,17)/t13-/m0/s1. The highest BCUT2D eigenvalue weighted by Crippen LogP contribution is 2.13. The van der Waals surface area contributed by atoms with Crippen LogP contribution in [0.15, 0.2) is 30.3 Å². The fraction of sp³-hybridized carbons (Fsp3) is 0.467. The molecule has 0 heterocycles. The number of rotatable bonds is 7. The topological polar surface area (TPSA) is 55.4 Å². The van der Waals surface area contributed by atoms with Gasteiger partial charge >= 0.3 is 5.97 Å². The molecule has 110 valence electrons. The number of thioether (sulfide) groups is 1. The van der Waals surface area contributed by atoms with Crippen LogP contribution in [-0.2, 0) is 20.1 Å². The molecule has 0 fully saturated rings. The van der Waals surface area contributed by atoms with Crippen molar-refractivity contribution in [2.45, 2.75) is 25.6 Å². The number of esters is 1. The molecule has 0 aliphatic heterocycles. The van der Waals surface area contributed by atoms with E-state index in [0.29, 0.717) is 5.75 Å². The Hall–Kier alpha value is -1.49. The quantitative estimate of drug-likeness (QED) is 0.784. The van der Waals surface area contributed by atoms with Crippen LogP contribution >= 0.6 is 11.8 Å². The molecule has 1 N–H and O–H groups in total. The predicted molar refractivity (Wildman–Crippen MR) is 81.4 cm³/mol. The molecule has 4 nitrogen and oxygen atoms in total. The molecule has 1 atom stereocenters. The van der Waals surface area contributed by atoms with Gasteiger partial charge in [-0.3, -0.25) is 4.79 Å². The summed E-state index contributed by atoms with van der Waals surface area (Å²) in [5.74, 6) is 0.605. The van der Waals surface area contributed by atoms with Crippen LogP contribution in [0.4, 0.5) is 0 Å². The molecule has 0 aliphatic carbocycles. The van der Waals surface area contributed by atoms with Gasteiger partial charge in [-0.05, 0) is 5.56 Å². The van der Waals surface area contributed by atoms with E-state index in [9.17, 15) is 9.59 Å². The predicted octanol–water partition coefficient (Wildman–Crippen LogP) is 2.23. The maximum Gasteiger partial charge on any atom is 0.329 e. The zero-order valence-corrected chi connectivity index (χ0v) is 12.9. The molecule has 0 aromatic heterocycles. The van der Waals surface area contributed by atoms with Gasteiger partial charge in [-0.1, -0.05) is 44.2 Å². The fourth-order valence-electron chi connectivity index (χ4n) is 1.52. The lowest BCUT2D eigenvalue weighted by molar-refractivity contribution is -0.144. The Morgan fingerprint density at radius 1 is 1.25 bits per heavy atom. The van der Waals surface area contributed by atoms with Gasteiger partial charge in [0.15, 0.2) is 0 Å². The highest BCUT2D eigenvalue weighted by Gasteiger charge is 2.22. The minimum absolute atomic E-state index is 0.138. The van der Waals surface area contributed by atoms with Gasteiger partial charge in [0.2, 0.25) is 5.91 Å². The molecule has 1 amide bonds. The third kappa shape index (κ3) is 5.65. The highest BCUT2D eigenvalue weighted by molar-refractivity contribution is 7.98. The lowest BCUT2D eigenvalue weighted by atomic mass is 10.2. The SMILES string of the molecule is COC(=O)[C@H](CSCc1ccccc1)NC(=O)C(C)C.